The molecule has 2 unspecified atom stereocenters. The van der Waals surface area contributed by atoms with Crippen molar-refractivity contribution in [1.82, 2.24) is 5.32 Å². The molecule has 0 bridgehead atoms. The Kier molecular flexibility index (Phi) is 5.96. The third-order valence-electron chi connectivity index (χ3n) is 4.39. The largest absolute Gasteiger partial charge is 0.316 e. The van der Waals surface area contributed by atoms with Gasteiger partial charge in [0.2, 0.25) is 0 Å². The summed E-state index contributed by atoms with van der Waals surface area (Å²) in [6, 6.07) is 3.80. The number of halogens is 2. The Hall–Kier alpha value is -0.960. The molecule has 0 radical (unpaired) electrons. The van der Waals surface area contributed by atoms with Gasteiger partial charge in [-0.1, -0.05) is 19.8 Å². The molecule has 20 heavy (non-hydrogen) atoms. The number of hydrogen-bond acceptors (Lipinski definition) is 1. The molecule has 1 aromatic rings. The Morgan fingerprint density at radius 1 is 1.15 bits per heavy atom. The van der Waals surface area contributed by atoms with Gasteiger partial charge in [0.15, 0.2) is 0 Å². The maximum Gasteiger partial charge on any atom is 0.126 e. The first-order valence-corrected chi connectivity index (χ1v) is 7.85. The third-order valence-corrected chi connectivity index (χ3v) is 4.39. The zero-order valence-corrected chi connectivity index (χ0v) is 12.3. The van der Waals surface area contributed by atoms with Gasteiger partial charge >= 0.3 is 0 Å². The van der Waals surface area contributed by atoms with E-state index in [-0.39, 0.29) is 11.6 Å². The lowest BCUT2D eigenvalue weighted by Crippen LogP contribution is -2.32. The van der Waals surface area contributed by atoms with Crippen LogP contribution in [0.3, 0.4) is 0 Å². The van der Waals surface area contributed by atoms with Crippen molar-refractivity contribution in [3.8, 4) is 0 Å². The van der Waals surface area contributed by atoms with Crippen LogP contribution in [0.15, 0.2) is 18.2 Å². The van der Waals surface area contributed by atoms with Gasteiger partial charge in [-0.2, -0.15) is 0 Å². The molecule has 1 aromatic carbocycles. The van der Waals surface area contributed by atoms with Crippen LogP contribution in [0.4, 0.5) is 8.78 Å². The fraction of sp³-hybridized carbons (Fsp3) is 0.647. The van der Waals surface area contributed by atoms with Crippen LogP contribution in [-0.4, -0.2) is 13.1 Å². The average molecular weight is 281 g/mol. The van der Waals surface area contributed by atoms with Gasteiger partial charge in [0.1, 0.15) is 11.6 Å². The van der Waals surface area contributed by atoms with Crippen LogP contribution in [0.5, 0.6) is 0 Å². The molecule has 1 aliphatic carbocycles. The minimum Gasteiger partial charge on any atom is -0.316 e. The number of hydrogen-bond donors (Lipinski definition) is 1. The molecule has 0 aromatic heterocycles. The summed E-state index contributed by atoms with van der Waals surface area (Å²) in [6.07, 6.45) is 6.62. The first-order chi connectivity index (χ1) is 9.70. The highest BCUT2D eigenvalue weighted by molar-refractivity contribution is 5.19. The summed E-state index contributed by atoms with van der Waals surface area (Å²) < 4.78 is 27.0. The van der Waals surface area contributed by atoms with Gasteiger partial charge in [-0.15, -0.1) is 0 Å². The molecule has 0 spiro atoms. The molecule has 2 atom stereocenters. The topological polar surface area (TPSA) is 12.0 Å². The predicted molar refractivity (Wildman–Crippen MR) is 78.7 cm³/mol. The fourth-order valence-electron chi connectivity index (χ4n) is 3.27. The van der Waals surface area contributed by atoms with Crippen LogP contribution < -0.4 is 5.32 Å². The first kappa shape index (κ1) is 15.4. The van der Waals surface area contributed by atoms with Crippen LogP contribution in [0.2, 0.25) is 0 Å². The molecule has 112 valence electrons. The standard InChI is InChI=1S/C17H25F2N/c1-2-9-20-12-14-6-4-3-5-13(14)10-15-11-16(18)7-8-17(15)19/h7-8,11,13-14,20H,2-6,9-10,12H2,1H3. The van der Waals surface area contributed by atoms with E-state index in [1.54, 1.807) is 0 Å². The molecule has 3 heteroatoms. The lowest BCUT2D eigenvalue weighted by molar-refractivity contribution is 0.227. The van der Waals surface area contributed by atoms with Crippen LogP contribution in [-0.2, 0) is 6.42 Å². The van der Waals surface area contributed by atoms with Crippen molar-refractivity contribution < 1.29 is 8.78 Å². The van der Waals surface area contributed by atoms with E-state index in [0.717, 1.165) is 25.9 Å². The highest BCUT2D eigenvalue weighted by Gasteiger charge is 2.25. The van der Waals surface area contributed by atoms with Crippen molar-refractivity contribution in [2.75, 3.05) is 13.1 Å². The fourth-order valence-corrected chi connectivity index (χ4v) is 3.27. The molecule has 1 N–H and O–H groups in total. The second kappa shape index (κ2) is 7.72. The second-order valence-corrected chi connectivity index (χ2v) is 5.95. The Morgan fingerprint density at radius 2 is 1.90 bits per heavy atom. The SMILES string of the molecule is CCCNCC1CCCCC1Cc1cc(F)ccc1F. The minimum absolute atomic E-state index is 0.266. The molecule has 0 amide bonds. The van der Waals surface area contributed by atoms with Gasteiger partial charge in [0.25, 0.3) is 0 Å². The molecular weight excluding hydrogens is 256 g/mol. The zero-order valence-electron chi connectivity index (χ0n) is 12.3. The second-order valence-electron chi connectivity index (χ2n) is 5.95. The van der Waals surface area contributed by atoms with Crippen molar-refractivity contribution in [2.45, 2.75) is 45.4 Å². The molecule has 1 aliphatic rings. The van der Waals surface area contributed by atoms with E-state index in [1.807, 2.05) is 0 Å². The Labute approximate surface area is 120 Å². The Bertz CT molecular complexity index is 419. The summed E-state index contributed by atoms with van der Waals surface area (Å²) in [5.74, 6) is 0.470. The highest BCUT2D eigenvalue weighted by atomic mass is 19.1. The van der Waals surface area contributed by atoms with Crippen molar-refractivity contribution in [3.63, 3.8) is 0 Å². The average Bonchev–Trinajstić information content (AvgIpc) is 2.45. The van der Waals surface area contributed by atoms with Crippen LogP contribution in [0.1, 0.15) is 44.6 Å². The van der Waals surface area contributed by atoms with E-state index in [1.165, 1.54) is 37.5 Å². The lowest BCUT2D eigenvalue weighted by Gasteiger charge is -2.32. The monoisotopic (exact) mass is 281 g/mol. The summed E-state index contributed by atoms with van der Waals surface area (Å²) in [4.78, 5) is 0. The van der Waals surface area contributed by atoms with Gasteiger partial charge in [-0.25, -0.2) is 8.78 Å². The van der Waals surface area contributed by atoms with Gasteiger partial charge in [-0.3, -0.25) is 0 Å². The maximum atomic E-state index is 13.8. The molecule has 0 aliphatic heterocycles. The maximum absolute atomic E-state index is 13.8. The highest BCUT2D eigenvalue weighted by Crippen LogP contribution is 2.32. The summed E-state index contributed by atoms with van der Waals surface area (Å²) in [5.41, 5.74) is 0.539. The van der Waals surface area contributed by atoms with E-state index in [9.17, 15) is 8.78 Å². The first-order valence-electron chi connectivity index (χ1n) is 7.85. The summed E-state index contributed by atoms with van der Waals surface area (Å²) in [6.45, 7) is 4.21. The normalized spacial score (nSPS) is 22.9. The van der Waals surface area contributed by atoms with Gasteiger partial charge in [0, 0.05) is 0 Å². The van der Waals surface area contributed by atoms with Gasteiger partial charge in [0.05, 0.1) is 0 Å². The smallest absolute Gasteiger partial charge is 0.126 e. The molecular formula is C17H25F2N. The molecule has 1 fully saturated rings. The van der Waals surface area contributed by atoms with Crippen molar-refractivity contribution >= 4 is 0 Å². The van der Waals surface area contributed by atoms with Crippen molar-refractivity contribution in [1.29, 1.82) is 0 Å². The Morgan fingerprint density at radius 3 is 2.65 bits per heavy atom. The Balaban J connectivity index is 1.98. The molecule has 2 rings (SSSR count). The number of rotatable bonds is 6. The number of nitrogens with one attached hydrogen (secondary N) is 1. The molecule has 0 saturated heterocycles. The number of benzene rings is 1. The summed E-state index contributed by atoms with van der Waals surface area (Å²) in [5, 5.41) is 3.48. The quantitative estimate of drug-likeness (QED) is 0.766. The summed E-state index contributed by atoms with van der Waals surface area (Å²) >= 11 is 0. The van der Waals surface area contributed by atoms with E-state index in [0.29, 0.717) is 23.8 Å². The van der Waals surface area contributed by atoms with E-state index in [4.69, 9.17) is 0 Å². The van der Waals surface area contributed by atoms with E-state index >= 15 is 0 Å². The van der Waals surface area contributed by atoms with Crippen LogP contribution >= 0.6 is 0 Å². The van der Waals surface area contributed by atoms with Crippen LogP contribution in [0, 0.1) is 23.5 Å². The molecule has 0 heterocycles. The van der Waals surface area contributed by atoms with Gasteiger partial charge < -0.3 is 5.32 Å². The molecule has 1 nitrogen and oxygen atoms in total. The van der Waals surface area contributed by atoms with Gasteiger partial charge in [-0.05, 0) is 74.4 Å². The van der Waals surface area contributed by atoms with Crippen molar-refractivity contribution in [2.24, 2.45) is 11.8 Å². The molecule has 1 saturated carbocycles. The lowest BCUT2D eigenvalue weighted by atomic mass is 9.76. The minimum atomic E-state index is -0.335. The zero-order chi connectivity index (χ0) is 14.4. The summed E-state index contributed by atoms with van der Waals surface area (Å²) in [7, 11) is 0. The van der Waals surface area contributed by atoms with E-state index in [2.05, 4.69) is 12.2 Å². The van der Waals surface area contributed by atoms with E-state index < -0.39 is 0 Å². The third kappa shape index (κ3) is 4.27. The predicted octanol–water partition coefficient (Wildman–Crippen LogP) is 4.31. The van der Waals surface area contributed by atoms with Crippen molar-refractivity contribution in [3.05, 3.63) is 35.4 Å². The van der Waals surface area contributed by atoms with Crippen LogP contribution in [0.25, 0.3) is 0 Å².